The van der Waals surface area contributed by atoms with Crippen molar-refractivity contribution in [1.29, 1.82) is 0 Å². The minimum Gasteiger partial charge on any atom is -0.325 e. The highest BCUT2D eigenvalue weighted by molar-refractivity contribution is 5.96. The fraction of sp³-hybridized carbons (Fsp3) is 0.176. The number of hydrogen-bond acceptors (Lipinski definition) is 3. The Hall–Kier alpha value is -2.66. The Kier molecular flexibility index (Phi) is 5.27. The van der Waals surface area contributed by atoms with Crippen LogP contribution >= 0.6 is 0 Å². The van der Waals surface area contributed by atoms with E-state index in [2.05, 4.69) is 10.6 Å². The number of hydrogen-bond donors (Lipinski definition) is 3. The molecule has 0 bridgehead atoms. The Labute approximate surface area is 129 Å². The second-order valence-electron chi connectivity index (χ2n) is 4.99. The number of nitrogens with two attached hydrogens (primary N) is 1. The number of aryl methyl sites for hydroxylation is 1. The van der Waals surface area contributed by atoms with Gasteiger partial charge in [-0.15, -0.1) is 0 Å². The Balaban J connectivity index is 2.06. The highest BCUT2D eigenvalue weighted by Gasteiger charge is 2.08. The first-order valence-electron chi connectivity index (χ1n) is 7.03. The summed E-state index contributed by atoms with van der Waals surface area (Å²) in [5.41, 5.74) is 8.43. The maximum Gasteiger partial charge on any atom is 0.238 e. The van der Waals surface area contributed by atoms with Gasteiger partial charge in [-0.05, 0) is 30.2 Å². The van der Waals surface area contributed by atoms with E-state index in [0.717, 1.165) is 11.1 Å². The summed E-state index contributed by atoms with van der Waals surface area (Å²) in [5, 5.41) is 5.54. The van der Waals surface area contributed by atoms with Gasteiger partial charge in [0.2, 0.25) is 11.8 Å². The van der Waals surface area contributed by atoms with Crippen molar-refractivity contribution in [3.8, 4) is 0 Å². The lowest BCUT2D eigenvalue weighted by Crippen LogP contribution is -2.22. The van der Waals surface area contributed by atoms with Gasteiger partial charge in [0.15, 0.2) is 0 Å². The minimum absolute atomic E-state index is 0.0798. The van der Waals surface area contributed by atoms with Crippen LogP contribution in [0.2, 0.25) is 0 Å². The number of amides is 2. The molecule has 0 aliphatic heterocycles. The highest BCUT2D eigenvalue weighted by Crippen LogP contribution is 2.20. The predicted octanol–water partition coefficient (Wildman–Crippen LogP) is 2.07. The third-order valence-electron chi connectivity index (χ3n) is 3.19. The molecule has 0 spiro atoms. The second-order valence-corrected chi connectivity index (χ2v) is 4.99. The Bertz CT molecular complexity index is 669. The molecule has 0 fully saturated rings. The molecule has 0 unspecified atom stereocenters. The minimum atomic E-state index is -0.273. The molecule has 0 aliphatic carbocycles. The van der Waals surface area contributed by atoms with Gasteiger partial charge in [0, 0.05) is 11.4 Å². The first-order valence-corrected chi connectivity index (χ1v) is 7.03. The third-order valence-corrected chi connectivity index (χ3v) is 3.19. The normalized spacial score (nSPS) is 10.1. The van der Waals surface area contributed by atoms with Crippen molar-refractivity contribution in [2.45, 2.75) is 13.3 Å². The molecule has 2 rings (SSSR count). The SMILES string of the molecule is Cc1ccc(NC(=O)CN)cc1NC(=O)Cc1ccccc1. The smallest absolute Gasteiger partial charge is 0.238 e. The van der Waals surface area contributed by atoms with Crippen molar-refractivity contribution in [3.05, 3.63) is 59.7 Å². The molecule has 0 aliphatic rings. The van der Waals surface area contributed by atoms with Crippen LogP contribution in [0.5, 0.6) is 0 Å². The van der Waals surface area contributed by atoms with E-state index in [9.17, 15) is 9.59 Å². The summed E-state index contributed by atoms with van der Waals surface area (Å²) in [6, 6.07) is 14.9. The van der Waals surface area contributed by atoms with E-state index in [0.29, 0.717) is 17.8 Å². The number of carbonyl (C=O) groups is 2. The van der Waals surface area contributed by atoms with Gasteiger partial charge >= 0.3 is 0 Å². The van der Waals surface area contributed by atoms with Crippen molar-refractivity contribution < 1.29 is 9.59 Å². The van der Waals surface area contributed by atoms with Crippen LogP contribution in [0, 0.1) is 6.92 Å². The summed E-state index contributed by atoms with van der Waals surface area (Å²) in [7, 11) is 0. The molecule has 2 aromatic rings. The van der Waals surface area contributed by atoms with Crippen LogP contribution in [-0.2, 0) is 16.0 Å². The van der Waals surface area contributed by atoms with E-state index in [-0.39, 0.29) is 18.4 Å². The molecule has 114 valence electrons. The van der Waals surface area contributed by atoms with E-state index in [1.54, 1.807) is 12.1 Å². The topological polar surface area (TPSA) is 84.2 Å². The first kappa shape index (κ1) is 15.7. The standard InChI is InChI=1S/C17H19N3O2/c1-12-7-8-14(19-17(22)11-18)10-15(12)20-16(21)9-13-5-3-2-4-6-13/h2-8,10H,9,11,18H2,1H3,(H,19,22)(H,20,21). The Morgan fingerprint density at radius 1 is 1.00 bits per heavy atom. The van der Waals surface area contributed by atoms with Crippen LogP contribution in [0.1, 0.15) is 11.1 Å². The quantitative estimate of drug-likeness (QED) is 0.790. The summed E-state index contributed by atoms with van der Waals surface area (Å²) in [6.07, 6.45) is 0.305. The van der Waals surface area contributed by atoms with Gasteiger partial charge in [-0.3, -0.25) is 9.59 Å². The van der Waals surface area contributed by atoms with Gasteiger partial charge in [-0.2, -0.15) is 0 Å². The van der Waals surface area contributed by atoms with Gasteiger partial charge in [-0.25, -0.2) is 0 Å². The molecule has 4 N–H and O–H groups in total. The van der Waals surface area contributed by atoms with Gasteiger partial charge in [0.25, 0.3) is 0 Å². The molecule has 0 atom stereocenters. The molecule has 0 radical (unpaired) electrons. The first-order chi connectivity index (χ1) is 10.6. The van der Waals surface area contributed by atoms with Crippen molar-refractivity contribution in [3.63, 3.8) is 0 Å². The van der Waals surface area contributed by atoms with E-state index in [1.165, 1.54) is 0 Å². The molecule has 2 amide bonds. The molecule has 5 nitrogen and oxygen atoms in total. The maximum atomic E-state index is 12.1. The van der Waals surface area contributed by atoms with Crippen LogP contribution in [-0.4, -0.2) is 18.4 Å². The Morgan fingerprint density at radius 2 is 1.73 bits per heavy atom. The Morgan fingerprint density at radius 3 is 2.41 bits per heavy atom. The van der Waals surface area contributed by atoms with E-state index in [4.69, 9.17) is 5.73 Å². The molecule has 0 saturated carbocycles. The molecular weight excluding hydrogens is 278 g/mol. The van der Waals surface area contributed by atoms with Gasteiger partial charge < -0.3 is 16.4 Å². The predicted molar refractivity (Wildman–Crippen MR) is 87.6 cm³/mol. The van der Waals surface area contributed by atoms with Crippen LogP contribution < -0.4 is 16.4 Å². The zero-order valence-electron chi connectivity index (χ0n) is 12.4. The lowest BCUT2D eigenvalue weighted by atomic mass is 10.1. The number of rotatable bonds is 5. The van der Waals surface area contributed by atoms with Crippen molar-refractivity contribution in [2.24, 2.45) is 5.73 Å². The molecule has 5 heteroatoms. The van der Waals surface area contributed by atoms with Crippen LogP contribution in [0.4, 0.5) is 11.4 Å². The number of benzene rings is 2. The molecular formula is C17H19N3O2. The van der Waals surface area contributed by atoms with Crippen LogP contribution in [0.3, 0.4) is 0 Å². The van der Waals surface area contributed by atoms with E-state index in [1.807, 2.05) is 43.3 Å². The van der Waals surface area contributed by atoms with Crippen LogP contribution in [0.25, 0.3) is 0 Å². The van der Waals surface area contributed by atoms with Gasteiger partial charge in [0.1, 0.15) is 0 Å². The van der Waals surface area contributed by atoms with Crippen molar-refractivity contribution in [2.75, 3.05) is 17.2 Å². The average Bonchev–Trinajstić information content (AvgIpc) is 2.51. The fourth-order valence-corrected chi connectivity index (χ4v) is 2.02. The monoisotopic (exact) mass is 297 g/mol. The van der Waals surface area contributed by atoms with Gasteiger partial charge in [0.05, 0.1) is 13.0 Å². The largest absolute Gasteiger partial charge is 0.325 e. The summed E-state index contributed by atoms with van der Waals surface area (Å²) in [4.78, 5) is 23.4. The maximum absolute atomic E-state index is 12.1. The number of carbonyl (C=O) groups excluding carboxylic acids is 2. The average molecular weight is 297 g/mol. The van der Waals surface area contributed by atoms with Crippen LogP contribution in [0.15, 0.2) is 48.5 Å². The van der Waals surface area contributed by atoms with E-state index < -0.39 is 0 Å². The van der Waals surface area contributed by atoms with Crippen molar-refractivity contribution >= 4 is 23.2 Å². The molecule has 0 heterocycles. The molecule has 0 saturated heterocycles. The fourth-order valence-electron chi connectivity index (χ4n) is 2.02. The number of anilines is 2. The molecule has 22 heavy (non-hydrogen) atoms. The lowest BCUT2D eigenvalue weighted by Gasteiger charge is -2.11. The highest BCUT2D eigenvalue weighted by atomic mass is 16.2. The van der Waals surface area contributed by atoms with Gasteiger partial charge in [-0.1, -0.05) is 36.4 Å². The lowest BCUT2D eigenvalue weighted by molar-refractivity contribution is -0.116. The molecule has 2 aromatic carbocycles. The zero-order valence-corrected chi connectivity index (χ0v) is 12.4. The summed E-state index contributed by atoms with van der Waals surface area (Å²) >= 11 is 0. The zero-order chi connectivity index (χ0) is 15.9. The summed E-state index contributed by atoms with van der Waals surface area (Å²) < 4.78 is 0. The van der Waals surface area contributed by atoms with E-state index >= 15 is 0 Å². The third kappa shape index (κ3) is 4.43. The second kappa shape index (κ2) is 7.38. The summed E-state index contributed by atoms with van der Waals surface area (Å²) in [5.74, 6) is -0.373. The molecule has 0 aromatic heterocycles. The number of nitrogens with one attached hydrogen (secondary N) is 2. The summed E-state index contributed by atoms with van der Waals surface area (Å²) in [6.45, 7) is 1.82. The van der Waals surface area contributed by atoms with Crippen molar-refractivity contribution in [1.82, 2.24) is 0 Å².